The molecule has 0 fully saturated rings. The van der Waals surface area contributed by atoms with Crippen LogP contribution < -0.4 is 10.1 Å². The van der Waals surface area contributed by atoms with Gasteiger partial charge in [0.2, 0.25) is 0 Å². The van der Waals surface area contributed by atoms with E-state index in [0.717, 1.165) is 21.3 Å². The Labute approximate surface area is 135 Å². The summed E-state index contributed by atoms with van der Waals surface area (Å²) in [7, 11) is 1.65. The van der Waals surface area contributed by atoms with E-state index in [-0.39, 0.29) is 6.04 Å². The monoisotopic (exact) mass is 357 g/mol. The lowest BCUT2D eigenvalue weighted by molar-refractivity contribution is 0.0508. The first kappa shape index (κ1) is 17.8. The maximum absolute atomic E-state index is 11.8. The minimum absolute atomic E-state index is 0.0469. The maximum atomic E-state index is 11.8. The number of ether oxygens (including phenoxy) is 2. The molecule has 1 N–H and O–H groups in total. The molecule has 5 heteroatoms. The van der Waals surface area contributed by atoms with Crippen LogP contribution in [0.15, 0.2) is 16.6 Å². The molecule has 1 unspecified atom stereocenters. The van der Waals surface area contributed by atoms with Crippen molar-refractivity contribution in [1.82, 2.24) is 5.32 Å². The summed E-state index contributed by atoms with van der Waals surface area (Å²) >= 11 is 3.49. The molecule has 0 aromatic heterocycles. The van der Waals surface area contributed by atoms with Crippen LogP contribution in [0.5, 0.6) is 5.75 Å². The number of nitrogens with one attached hydrogen (secondary N) is 1. The van der Waals surface area contributed by atoms with Gasteiger partial charge in [-0.3, -0.25) is 0 Å². The van der Waals surface area contributed by atoms with Crippen molar-refractivity contribution in [2.45, 2.75) is 52.7 Å². The highest BCUT2D eigenvalue weighted by Crippen LogP contribution is 2.28. The van der Waals surface area contributed by atoms with Crippen LogP contribution in [0.2, 0.25) is 0 Å². The van der Waals surface area contributed by atoms with E-state index >= 15 is 0 Å². The number of amides is 1. The van der Waals surface area contributed by atoms with Crippen molar-refractivity contribution in [1.29, 1.82) is 0 Å². The first-order chi connectivity index (χ1) is 9.62. The number of hydrogen-bond donors (Lipinski definition) is 1. The molecule has 21 heavy (non-hydrogen) atoms. The van der Waals surface area contributed by atoms with E-state index in [9.17, 15) is 4.79 Å². The Balaban J connectivity index is 2.73. The van der Waals surface area contributed by atoms with Crippen LogP contribution in [0.1, 0.15) is 38.8 Å². The Hall–Kier alpha value is -1.23. The molecular weight excluding hydrogens is 334 g/mol. The van der Waals surface area contributed by atoms with Crippen LogP contribution in [0.25, 0.3) is 0 Å². The number of aryl methyl sites for hydroxylation is 1. The molecule has 0 heterocycles. The third kappa shape index (κ3) is 5.96. The smallest absolute Gasteiger partial charge is 0.407 e. The van der Waals surface area contributed by atoms with Gasteiger partial charge in [0.15, 0.2) is 0 Å². The van der Waals surface area contributed by atoms with Gasteiger partial charge in [0.05, 0.1) is 7.11 Å². The molecule has 0 aliphatic heterocycles. The average molecular weight is 358 g/mol. The zero-order chi connectivity index (χ0) is 16.2. The molecule has 1 atom stereocenters. The molecule has 118 valence electrons. The van der Waals surface area contributed by atoms with Crippen LogP contribution in [0, 0.1) is 6.92 Å². The maximum Gasteiger partial charge on any atom is 0.407 e. The second kappa shape index (κ2) is 7.16. The van der Waals surface area contributed by atoms with Gasteiger partial charge in [-0.25, -0.2) is 4.79 Å². The molecule has 1 aromatic carbocycles. The fourth-order valence-corrected chi connectivity index (χ4v) is 2.28. The third-order valence-electron chi connectivity index (χ3n) is 2.85. The Morgan fingerprint density at radius 1 is 1.38 bits per heavy atom. The van der Waals surface area contributed by atoms with Crippen molar-refractivity contribution in [3.05, 3.63) is 27.7 Å². The zero-order valence-electron chi connectivity index (χ0n) is 13.5. The predicted molar refractivity (Wildman–Crippen MR) is 88.0 cm³/mol. The summed E-state index contributed by atoms with van der Waals surface area (Å²) in [4.78, 5) is 11.8. The lowest BCUT2D eigenvalue weighted by Gasteiger charge is -2.22. The molecule has 0 aliphatic carbocycles. The number of hydrogen-bond acceptors (Lipinski definition) is 3. The number of rotatable bonds is 4. The minimum atomic E-state index is -0.490. The van der Waals surface area contributed by atoms with E-state index in [0.29, 0.717) is 6.42 Å². The van der Waals surface area contributed by atoms with E-state index in [2.05, 4.69) is 27.3 Å². The summed E-state index contributed by atoms with van der Waals surface area (Å²) in [5.41, 5.74) is 1.70. The van der Waals surface area contributed by atoms with Crippen molar-refractivity contribution in [2.75, 3.05) is 7.11 Å². The molecule has 1 aromatic rings. The summed E-state index contributed by atoms with van der Waals surface area (Å²) < 4.78 is 11.7. The van der Waals surface area contributed by atoms with Crippen molar-refractivity contribution < 1.29 is 14.3 Å². The summed E-state index contributed by atoms with van der Waals surface area (Å²) in [5, 5.41) is 2.84. The van der Waals surface area contributed by atoms with Gasteiger partial charge in [0, 0.05) is 10.5 Å². The van der Waals surface area contributed by atoms with Crippen LogP contribution in [0.4, 0.5) is 4.79 Å². The van der Waals surface area contributed by atoms with Crippen LogP contribution in [0.3, 0.4) is 0 Å². The van der Waals surface area contributed by atoms with Gasteiger partial charge < -0.3 is 14.8 Å². The summed E-state index contributed by atoms with van der Waals surface area (Å²) in [6.45, 7) is 9.51. The number of carbonyl (C=O) groups is 1. The molecule has 0 spiro atoms. The van der Waals surface area contributed by atoms with Crippen molar-refractivity contribution >= 4 is 22.0 Å². The molecule has 0 aliphatic rings. The lowest BCUT2D eigenvalue weighted by atomic mass is 10.0. The van der Waals surface area contributed by atoms with Gasteiger partial charge in [-0.2, -0.15) is 0 Å². The van der Waals surface area contributed by atoms with Gasteiger partial charge in [-0.15, -0.1) is 0 Å². The molecule has 0 saturated carbocycles. The number of methoxy groups -OCH3 is 1. The van der Waals surface area contributed by atoms with E-state index in [1.54, 1.807) is 7.11 Å². The van der Waals surface area contributed by atoms with Gasteiger partial charge in [0.1, 0.15) is 11.4 Å². The van der Waals surface area contributed by atoms with Crippen molar-refractivity contribution in [2.24, 2.45) is 0 Å². The lowest BCUT2D eigenvalue weighted by Crippen LogP contribution is -2.38. The predicted octanol–water partition coefficient (Wildman–Crippen LogP) is 4.22. The average Bonchev–Trinajstić information content (AvgIpc) is 2.30. The van der Waals surface area contributed by atoms with Crippen LogP contribution >= 0.6 is 15.9 Å². The first-order valence-electron chi connectivity index (χ1n) is 6.95. The molecule has 0 saturated heterocycles. The number of alkyl carbamates (subject to hydrolysis) is 1. The zero-order valence-corrected chi connectivity index (χ0v) is 15.1. The topological polar surface area (TPSA) is 47.6 Å². The van der Waals surface area contributed by atoms with E-state index in [1.165, 1.54) is 0 Å². The molecule has 0 radical (unpaired) electrons. The minimum Gasteiger partial charge on any atom is -0.496 e. The van der Waals surface area contributed by atoms with Gasteiger partial charge in [-0.05, 0) is 58.2 Å². The largest absolute Gasteiger partial charge is 0.496 e. The molecular formula is C16H24BrNO3. The van der Waals surface area contributed by atoms with Crippen LogP contribution in [-0.2, 0) is 11.2 Å². The SMILES string of the molecule is COc1cc(Br)c(C)cc1CC(C)NC(=O)OC(C)(C)C. The molecule has 4 nitrogen and oxygen atoms in total. The summed E-state index contributed by atoms with van der Waals surface area (Å²) in [6, 6.07) is 3.97. The number of carbonyl (C=O) groups excluding carboxylic acids is 1. The fourth-order valence-electron chi connectivity index (χ4n) is 1.96. The Kier molecular flexibility index (Phi) is 6.08. The molecule has 1 amide bonds. The molecule has 0 bridgehead atoms. The fraction of sp³-hybridized carbons (Fsp3) is 0.562. The second-order valence-corrected chi connectivity index (χ2v) is 7.02. The Morgan fingerprint density at radius 2 is 2.00 bits per heavy atom. The highest BCUT2D eigenvalue weighted by atomic mass is 79.9. The summed E-state index contributed by atoms with van der Waals surface area (Å²) in [6.07, 6.45) is 0.277. The van der Waals surface area contributed by atoms with Gasteiger partial charge in [0.25, 0.3) is 0 Å². The number of halogens is 1. The van der Waals surface area contributed by atoms with E-state index < -0.39 is 11.7 Å². The highest BCUT2D eigenvalue weighted by Gasteiger charge is 2.18. The first-order valence-corrected chi connectivity index (χ1v) is 7.74. The standard InChI is InChI=1S/C16H24BrNO3/c1-10-7-12(14(20-6)9-13(10)17)8-11(2)18-15(19)21-16(3,4)5/h7,9,11H,8H2,1-6H3,(H,18,19). The second-order valence-electron chi connectivity index (χ2n) is 6.16. The Morgan fingerprint density at radius 3 is 2.52 bits per heavy atom. The van der Waals surface area contributed by atoms with E-state index in [1.807, 2.05) is 40.7 Å². The van der Waals surface area contributed by atoms with Crippen molar-refractivity contribution in [3.63, 3.8) is 0 Å². The number of benzene rings is 1. The van der Waals surface area contributed by atoms with Crippen LogP contribution in [-0.4, -0.2) is 24.8 Å². The summed E-state index contributed by atoms with van der Waals surface area (Å²) in [5.74, 6) is 0.810. The Bertz CT molecular complexity index is 509. The third-order valence-corrected chi connectivity index (χ3v) is 3.71. The van der Waals surface area contributed by atoms with E-state index in [4.69, 9.17) is 9.47 Å². The highest BCUT2D eigenvalue weighted by molar-refractivity contribution is 9.10. The van der Waals surface area contributed by atoms with Gasteiger partial charge >= 0.3 is 6.09 Å². The normalized spacial score (nSPS) is 12.7. The van der Waals surface area contributed by atoms with Gasteiger partial charge in [-0.1, -0.05) is 22.0 Å². The van der Waals surface area contributed by atoms with Crippen molar-refractivity contribution in [3.8, 4) is 5.75 Å². The quantitative estimate of drug-likeness (QED) is 0.877. The molecule has 1 rings (SSSR count).